The zero-order valence-electron chi connectivity index (χ0n) is 16.9. The summed E-state index contributed by atoms with van der Waals surface area (Å²) in [6, 6.07) is 28.5. The number of thiocarbonyl (C=S) groups is 1. The number of anilines is 3. The smallest absolute Gasteiger partial charge is 0.280 e. The summed E-state index contributed by atoms with van der Waals surface area (Å²) in [6.07, 6.45) is 0. The predicted octanol–water partition coefficient (Wildman–Crippen LogP) is 5.66. The predicted molar refractivity (Wildman–Crippen MR) is 136 cm³/mol. The molecular formula is C24H19N5OS2. The number of amides is 1. The molecule has 0 fully saturated rings. The second kappa shape index (κ2) is 10.4. The van der Waals surface area contributed by atoms with Gasteiger partial charge in [0.15, 0.2) is 10.8 Å². The van der Waals surface area contributed by atoms with Crippen molar-refractivity contribution in [3.63, 3.8) is 0 Å². The Morgan fingerprint density at radius 3 is 2.06 bits per heavy atom. The van der Waals surface area contributed by atoms with Crippen molar-refractivity contribution in [2.75, 3.05) is 16.1 Å². The Hall–Kier alpha value is -3.88. The number of aromatic nitrogens is 1. The van der Waals surface area contributed by atoms with Gasteiger partial charge in [0, 0.05) is 16.6 Å². The van der Waals surface area contributed by atoms with Crippen molar-refractivity contribution >= 4 is 56.7 Å². The Bertz CT molecular complexity index is 1230. The Labute approximate surface area is 195 Å². The number of nitrogens with zero attached hydrogens (tertiary/aromatic N) is 2. The van der Waals surface area contributed by atoms with Crippen LogP contribution in [-0.4, -0.2) is 21.6 Å². The van der Waals surface area contributed by atoms with Crippen LogP contribution < -0.4 is 16.1 Å². The Balaban J connectivity index is 1.54. The van der Waals surface area contributed by atoms with Crippen LogP contribution in [0.25, 0.3) is 11.3 Å². The number of carbonyl (C=O) groups is 1. The van der Waals surface area contributed by atoms with Gasteiger partial charge in [0.1, 0.15) is 4.99 Å². The molecule has 32 heavy (non-hydrogen) atoms. The van der Waals surface area contributed by atoms with E-state index in [-0.39, 0.29) is 10.7 Å². The molecule has 0 unspecified atom stereocenters. The summed E-state index contributed by atoms with van der Waals surface area (Å²) >= 11 is 6.83. The molecule has 0 saturated carbocycles. The maximum Gasteiger partial charge on any atom is 0.280 e. The first kappa shape index (κ1) is 21.4. The molecule has 8 heteroatoms. The largest absolute Gasteiger partial charge is 0.345 e. The maximum atomic E-state index is 13.1. The van der Waals surface area contributed by atoms with Gasteiger partial charge < -0.3 is 5.32 Å². The van der Waals surface area contributed by atoms with E-state index in [0.717, 1.165) is 22.6 Å². The van der Waals surface area contributed by atoms with Crippen molar-refractivity contribution in [2.24, 2.45) is 5.10 Å². The second-order valence-electron chi connectivity index (χ2n) is 6.62. The molecule has 0 bridgehead atoms. The topological polar surface area (TPSA) is 78.4 Å². The van der Waals surface area contributed by atoms with Crippen LogP contribution in [0.5, 0.6) is 0 Å². The Morgan fingerprint density at radius 1 is 0.812 bits per heavy atom. The lowest BCUT2D eigenvalue weighted by molar-refractivity contribution is -0.110. The van der Waals surface area contributed by atoms with Gasteiger partial charge in [-0.15, -0.1) is 11.3 Å². The third kappa shape index (κ3) is 5.63. The highest BCUT2D eigenvalue weighted by atomic mass is 32.1. The monoisotopic (exact) mass is 457 g/mol. The molecule has 0 saturated heterocycles. The van der Waals surface area contributed by atoms with Crippen LogP contribution in [0, 0.1) is 0 Å². The molecule has 0 aliphatic heterocycles. The minimum Gasteiger partial charge on any atom is -0.345 e. The molecule has 1 amide bonds. The summed E-state index contributed by atoms with van der Waals surface area (Å²) in [6.45, 7) is 0. The van der Waals surface area contributed by atoms with Crippen molar-refractivity contribution in [3.05, 3.63) is 96.4 Å². The van der Waals surface area contributed by atoms with Crippen LogP contribution in [0.15, 0.2) is 101 Å². The van der Waals surface area contributed by atoms with E-state index < -0.39 is 5.91 Å². The molecule has 158 valence electrons. The highest BCUT2D eigenvalue weighted by Crippen LogP contribution is 2.24. The van der Waals surface area contributed by atoms with Crippen molar-refractivity contribution < 1.29 is 4.79 Å². The second-order valence-corrected chi connectivity index (χ2v) is 7.88. The third-order valence-electron chi connectivity index (χ3n) is 4.33. The van der Waals surface area contributed by atoms with Crippen molar-refractivity contribution in [3.8, 4) is 11.3 Å². The van der Waals surface area contributed by atoms with E-state index in [4.69, 9.17) is 12.2 Å². The number of nitrogens with one attached hydrogen (secondary N) is 3. The SMILES string of the molecule is O=C(Nc1nc(-c2ccccc2)cs1)/C(=N/Nc1ccccc1)C(=S)Nc1ccccc1. The summed E-state index contributed by atoms with van der Waals surface area (Å²) in [5.74, 6) is -0.462. The fourth-order valence-electron chi connectivity index (χ4n) is 2.78. The van der Waals surface area contributed by atoms with Gasteiger partial charge in [-0.05, 0) is 24.3 Å². The Kier molecular flexibility index (Phi) is 6.96. The third-order valence-corrected chi connectivity index (χ3v) is 5.38. The zero-order valence-corrected chi connectivity index (χ0v) is 18.5. The van der Waals surface area contributed by atoms with E-state index in [2.05, 4.69) is 26.1 Å². The number of hydrogen-bond donors (Lipinski definition) is 3. The first-order chi connectivity index (χ1) is 15.7. The molecule has 6 nitrogen and oxygen atoms in total. The summed E-state index contributed by atoms with van der Waals surface area (Å²) in [7, 11) is 0. The average molecular weight is 458 g/mol. The standard InChI is InChI=1S/C24H19N5OS2/c30-22(27-24-26-20(16-32-24)17-10-4-1-5-11-17)21(29-28-19-14-8-3-9-15-19)23(31)25-18-12-6-2-7-13-18/h1-16,28H,(H,25,31)(H,26,27,30)/b29-21-. The van der Waals surface area contributed by atoms with Gasteiger partial charge in [0.2, 0.25) is 0 Å². The van der Waals surface area contributed by atoms with Gasteiger partial charge >= 0.3 is 0 Å². The van der Waals surface area contributed by atoms with E-state index >= 15 is 0 Å². The Morgan fingerprint density at radius 2 is 1.41 bits per heavy atom. The molecule has 0 spiro atoms. The van der Waals surface area contributed by atoms with Crippen LogP contribution in [0.2, 0.25) is 0 Å². The van der Waals surface area contributed by atoms with E-state index in [0.29, 0.717) is 5.13 Å². The number of hydrogen-bond acceptors (Lipinski definition) is 6. The van der Waals surface area contributed by atoms with Crippen LogP contribution in [-0.2, 0) is 4.79 Å². The molecule has 0 atom stereocenters. The molecule has 3 aromatic carbocycles. The van der Waals surface area contributed by atoms with Crippen molar-refractivity contribution in [1.82, 2.24) is 4.98 Å². The van der Waals surface area contributed by atoms with Gasteiger partial charge in [-0.25, -0.2) is 4.98 Å². The normalized spacial score (nSPS) is 10.9. The fourth-order valence-corrected chi connectivity index (χ4v) is 3.75. The van der Waals surface area contributed by atoms with Gasteiger partial charge in [0.05, 0.1) is 11.4 Å². The number of para-hydroxylation sites is 2. The number of hydrazone groups is 1. The van der Waals surface area contributed by atoms with Crippen LogP contribution in [0.3, 0.4) is 0 Å². The minimum absolute atomic E-state index is 0.0455. The molecule has 4 aromatic rings. The average Bonchev–Trinajstić information content (AvgIpc) is 3.29. The number of carbonyl (C=O) groups excluding carboxylic acids is 1. The van der Waals surface area contributed by atoms with Gasteiger partial charge in [-0.3, -0.25) is 15.5 Å². The zero-order chi connectivity index (χ0) is 22.2. The highest BCUT2D eigenvalue weighted by molar-refractivity contribution is 7.82. The molecule has 3 N–H and O–H groups in total. The highest BCUT2D eigenvalue weighted by Gasteiger charge is 2.19. The molecule has 1 aromatic heterocycles. The van der Waals surface area contributed by atoms with Crippen molar-refractivity contribution in [1.29, 1.82) is 0 Å². The number of benzene rings is 3. The quantitative estimate of drug-likeness (QED) is 0.190. The summed E-state index contributed by atoms with van der Waals surface area (Å²) in [4.78, 5) is 17.8. The molecular weight excluding hydrogens is 438 g/mol. The van der Waals surface area contributed by atoms with E-state index in [9.17, 15) is 4.79 Å². The lowest BCUT2D eigenvalue weighted by atomic mass is 10.2. The molecule has 1 heterocycles. The summed E-state index contributed by atoms with van der Waals surface area (Å²) in [5.41, 5.74) is 6.20. The van der Waals surface area contributed by atoms with Gasteiger partial charge in [0.25, 0.3) is 5.91 Å². The van der Waals surface area contributed by atoms with Gasteiger partial charge in [-0.1, -0.05) is 78.9 Å². The van der Waals surface area contributed by atoms with Crippen LogP contribution >= 0.6 is 23.6 Å². The lowest BCUT2D eigenvalue weighted by Gasteiger charge is -2.11. The molecule has 0 aliphatic rings. The van der Waals surface area contributed by atoms with E-state index in [1.807, 2.05) is 96.4 Å². The van der Waals surface area contributed by atoms with E-state index in [1.54, 1.807) is 0 Å². The molecule has 0 aliphatic carbocycles. The molecule has 4 rings (SSSR count). The number of thiazole rings is 1. The van der Waals surface area contributed by atoms with Crippen LogP contribution in [0.4, 0.5) is 16.5 Å². The van der Waals surface area contributed by atoms with Crippen molar-refractivity contribution in [2.45, 2.75) is 0 Å². The van der Waals surface area contributed by atoms with Crippen LogP contribution in [0.1, 0.15) is 0 Å². The van der Waals surface area contributed by atoms with E-state index in [1.165, 1.54) is 11.3 Å². The summed E-state index contributed by atoms with van der Waals surface area (Å²) in [5, 5.41) is 12.5. The summed E-state index contributed by atoms with van der Waals surface area (Å²) < 4.78 is 0. The first-order valence-corrected chi connectivity index (χ1v) is 11.1. The lowest BCUT2D eigenvalue weighted by Crippen LogP contribution is -2.34. The van der Waals surface area contributed by atoms with Gasteiger partial charge in [-0.2, -0.15) is 5.10 Å². The maximum absolute atomic E-state index is 13.1. The number of rotatable bonds is 7. The minimum atomic E-state index is -0.462. The molecule has 0 radical (unpaired) electrons. The first-order valence-electron chi connectivity index (χ1n) is 9.76. The fraction of sp³-hybridized carbons (Fsp3) is 0.